The molecule has 3 aromatic rings. The maximum Gasteiger partial charge on any atom is 0.256 e. The summed E-state index contributed by atoms with van der Waals surface area (Å²) >= 11 is 0. The SMILES string of the molecule is COc1cccc2cc(C(=O)NCC3CCCO3)c(=Nc3ccc(F)c(C)c3)oc12. The number of ether oxygens (including phenoxy) is 2. The lowest BCUT2D eigenvalue weighted by Crippen LogP contribution is -2.34. The highest BCUT2D eigenvalue weighted by Gasteiger charge is 2.19. The van der Waals surface area contributed by atoms with Crippen molar-refractivity contribution in [3.63, 3.8) is 0 Å². The van der Waals surface area contributed by atoms with Crippen LogP contribution in [0.25, 0.3) is 11.0 Å². The molecule has 0 saturated carbocycles. The summed E-state index contributed by atoms with van der Waals surface area (Å²) in [5.41, 5.74) is 1.84. The number of aryl methyl sites for hydroxylation is 1. The van der Waals surface area contributed by atoms with E-state index in [0.717, 1.165) is 19.4 Å². The Balaban J connectivity index is 1.79. The average molecular weight is 410 g/mol. The normalized spacial score (nSPS) is 16.8. The predicted molar refractivity (Wildman–Crippen MR) is 110 cm³/mol. The van der Waals surface area contributed by atoms with E-state index in [0.29, 0.717) is 34.5 Å². The van der Waals surface area contributed by atoms with Crippen LogP contribution in [-0.2, 0) is 4.74 Å². The van der Waals surface area contributed by atoms with Gasteiger partial charge in [0.15, 0.2) is 11.3 Å². The van der Waals surface area contributed by atoms with E-state index in [1.54, 1.807) is 38.3 Å². The van der Waals surface area contributed by atoms with Crippen molar-refractivity contribution in [2.24, 2.45) is 4.99 Å². The molecule has 2 aromatic carbocycles. The van der Waals surface area contributed by atoms with Crippen LogP contribution in [0.2, 0.25) is 0 Å². The van der Waals surface area contributed by atoms with Crippen LogP contribution in [0.3, 0.4) is 0 Å². The lowest BCUT2D eigenvalue weighted by Gasteiger charge is -2.12. The van der Waals surface area contributed by atoms with Crippen LogP contribution < -0.4 is 15.6 Å². The molecule has 0 spiro atoms. The molecule has 30 heavy (non-hydrogen) atoms. The molecule has 0 radical (unpaired) electrons. The first kappa shape index (κ1) is 20.1. The standard InChI is InChI=1S/C23H23FN2O4/c1-14-11-16(8-9-19(14)24)26-23-18(22(27)25-13-17-6-4-10-29-17)12-15-5-3-7-20(28-2)21(15)30-23/h3,5,7-9,11-12,17H,4,6,10,13H2,1-2H3,(H,25,27). The van der Waals surface area contributed by atoms with Gasteiger partial charge in [-0.1, -0.05) is 12.1 Å². The Hall–Kier alpha value is -3.19. The molecule has 1 aliphatic rings. The van der Waals surface area contributed by atoms with Gasteiger partial charge in [0.05, 0.1) is 18.9 Å². The molecule has 2 heterocycles. The van der Waals surface area contributed by atoms with Gasteiger partial charge < -0.3 is 19.2 Å². The maximum atomic E-state index is 13.6. The number of hydrogen-bond donors (Lipinski definition) is 1. The van der Waals surface area contributed by atoms with Gasteiger partial charge in [0.1, 0.15) is 11.4 Å². The van der Waals surface area contributed by atoms with Crippen molar-refractivity contribution in [3.8, 4) is 5.75 Å². The Kier molecular flexibility index (Phi) is 5.81. The monoisotopic (exact) mass is 410 g/mol. The highest BCUT2D eigenvalue weighted by atomic mass is 19.1. The first-order chi connectivity index (χ1) is 14.5. The van der Waals surface area contributed by atoms with Gasteiger partial charge in [0.2, 0.25) is 5.55 Å². The van der Waals surface area contributed by atoms with E-state index < -0.39 is 0 Å². The van der Waals surface area contributed by atoms with Crippen molar-refractivity contribution in [3.05, 3.63) is 65.0 Å². The Labute approximate surface area is 173 Å². The molecular weight excluding hydrogens is 387 g/mol. The molecular formula is C23H23FN2O4. The molecule has 156 valence electrons. The first-order valence-electron chi connectivity index (χ1n) is 9.86. The van der Waals surface area contributed by atoms with Crippen molar-refractivity contribution in [2.75, 3.05) is 20.3 Å². The molecule has 4 rings (SSSR count). The molecule has 0 bridgehead atoms. The van der Waals surface area contributed by atoms with Crippen LogP contribution in [0.15, 0.2) is 51.9 Å². The predicted octanol–water partition coefficient (Wildman–Crippen LogP) is 4.03. The zero-order valence-electron chi connectivity index (χ0n) is 16.9. The van der Waals surface area contributed by atoms with Crippen LogP contribution in [0.4, 0.5) is 10.1 Å². The maximum absolute atomic E-state index is 13.6. The van der Waals surface area contributed by atoms with Crippen LogP contribution in [0.1, 0.15) is 28.8 Å². The zero-order chi connectivity index (χ0) is 21.1. The minimum atomic E-state index is -0.319. The van der Waals surface area contributed by atoms with Crippen molar-refractivity contribution >= 4 is 22.6 Å². The van der Waals surface area contributed by atoms with Crippen LogP contribution in [0, 0.1) is 12.7 Å². The fourth-order valence-corrected chi connectivity index (χ4v) is 3.45. The first-order valence-corrected chi connectivity index (χ1v) is 9.86. The number of carbonyl (C=O) groups excluding carboxylic acids is 1. The van der Waals surface area contributed by atoms with E-state index >= 15 is 0 Å². The quantitative estimate of drug-likeness (QED) is 0.689. The number of methoxy groups -OCH3 is 1. The molecule has 1 unspecified atom stereocenters. The summed E-state index contributed by atoms with van der Waals surface area (Å²) in [7, 11) is 1.55. The van der Waals surface area contributed by atoms with Crippen molar-refractivity contribution in [2.45, 2.75) is 25.9 Å². The van der Waals surface area contributed by atoms with E-state index in [-0.39, 0.29) is 28.9 Å². The highest BCUT2D eigenvalue weighted by Crippen LogP contribution is 2.25. The van der Waals surface area contributed by atoms with E-state index in [4.69, 9.17) is 13.9 Å². The number of para-hydroxylation sites is 1. The molecule has 1 amide bonds. The van der Waals surface area contributed by atoms with Gasteiger partial charge in [-0.05, 0) is 55.7 Å². The number of nitrogens with one attached hydrogen (secondary N) is 1. The van der Waals surface area contributed by atoms with E-state index in [1.807, 2.05) is 12.1 Å². The molecule has 1 N–H and O–H groups in total. The minimum absolute atomic E-state index is 0.0200. The average Bonchev–Trinajstić information content (AvgIpc) is 3.27. The molecule has 1 saturated heterocycles. The number of carbonyl (C=O) groups is 1. The fraction of sp³-hybridized carbons (Fsp3) is 0.304. The summed E-state index contributed by atoms with van der Waals surface area (Å²) in [6.07, 6.45) is 1.94. The van der Waals surface area contributed by atoms with Gasteiger partial charge in [-0.2, -0.15) is 0 Å². The van der Waals surface area contributed by atoms with Gasteiger partial charge in [0, 0.05) is 18.5 Å². The fourth-order valence-electron chi connectivity index (χ4n) is 3.45. The van der Waals surface area contributed by atoms with Crippen molar-refractivity contribution in [1.82, 2.24) is 5.32 Å². The molecule has 0 aliphatic carbocycles. The Morgan fingerprint density at radius 2 is 2.17 bits per heavy atom. The number of amides is 1. The second-order valence-electron chi connectivity index (χ2n) is 7.23. The molecule has 1 fully saturated rings. The lowest BCUT2D eigenvalue weighted by atomic mass is 10.1. The van der Waals surface area contributed by atoms with E-state index in [1.165, 1.54) is 6.07 Å². The topological polar surface area (TPSA) is 73.1 Å². The van der Waals surface area contributed by atoms with Gasteiger partial charge in [-0.3, -0.25) is 4.79 Å². The van der Waals surface area contributed by atoms with Gasteiger partial charge in [-0.25, -0.2) is 9.38 Å². The van der Waals surface area contributed by atoms with Crippen molar-refractivity contribution in [1.29, 1.82) is 0 Å². The Morgan fingerprint density at radius 1 is 1.30 bits per heavy atom. The number of hydrogen-bond acceptors (Lipinski definition) is 5. The van der Waals surface area contributed by atoms with Crippen LogP contribution in [-0.4, -0.2) is 32.3 Å². The summed E-state index contributed by atoms with van der Waals surface area (Å²) in [4.78, 5) is 17.4. The van der Waals surface area contributed by atoms with E-state index in [2.05, 4.69) is 10.3 Å². The molecule has 1 aliphatic heterocycles. The summed E-state index contributed by atoms with van der Waals surface area (Å²) < 4.78 is 30.6. The van der Waals surface area contributed by atoms with Crippen molar-refractivity contribution < 1.29 is 23.1 Å². The van der Waals surface area contributed by atoms with Gasteiger partial charge in [0.25, 0.3) is 5.91 Å². The molecule has 7 heteroatoms. The van der Waals surface area contributed by atoms with Crippen LogP contribution in [0.5, 0.6) is 5.75 Å². The summed E-state index contributed by atoms with van der Waals surface area (Å²) in [6, 6.07) is 11.6. The van der Waals surface area contributed by atoms with Gasteiger partial charge in [-0.15, -0.1) is 0 Å². The third-order valence-electron chi connectivity index (χ3n) is 5.09. The largest absolute Gasteiger partial charge is 0.493 e. The number of benzene rings is 2. The smallest absolute Gasteiger partial charge is 0.256 e. The number of nitrogens with zero attached hydrogens (tertiary/aromatic N) is 1. The molecule has 1 atom stereocenters. The lowest BCUT2D eigenvalue weighted by molar-refractivity contribution is 0.0854. The highest BCUT2D eigenvalue weighted by molar-refractivity contribution is 5.97. The third-order valence-corrected chi connectivity index (χ3v) is 5.09. The second-order valence-corrected chi connectivity index (χ2v) is 7.23. The molecule has 6 nitrogen and oxygen atoms in total. The summed E-state index contributed by atoms with van der Waals surface area (Å²) in [6.45, 7) is 2.80. The Morgan fingerprint density at radius 3 is 2.90 bits per heavy atom. The molecule has 1 aromatic heterocycles. The third kappa shape index (κ3) is 4.21. The number of fused-ring (bicyclic) bond motifs is 1. The van der Waals surface area contributed by atoms with Gasteiger partial charge >= 0.3 is 0 Å². The van der Waals surface area contributed by atoms with E-state index in [9.17, 15) is 9.18 Å². The minimum Gasteiger partial charge on any atom is -0.493 e. The Bertz CT molecular complexity index is 1150. The second kappa shape index (κ2) is 8.67. The summed E-state index contributed by atoms with van der Waals surface area (Å²) in [5.74, 6) is -0.0947. The zero-order valence-corrected chi connectivity index (χ0v) is 16.9. The number of halogens is 1. The van der Waals surface area contributed by atoms with Crippen LogP contribution >= 0.6 is 0 Å². The summed E-state index contributed by atoms with van der Waals surface area (Å²) in [5, 5.41) is 3.62. The number of rotatable bonds is 5.